The van der Waals surface area contributed by atoms with Crippen molar-refractivity contribution >= 4 is 113 Å². The molecule has 284 valence electrons. The van der Waals surface area contributed by atoms with Gasteiger partial charge in [0.15, 0.2) is 0 Å². The molecule has 0 amide bonds. The maximum Gasteiger partial charge on any atom is 0.126 e. The van der Waals surface area contributed by atoms with Gasteiger partial charge in [-0.1, -0.05) is 121 Å². The van der Waals surface area contributed by atoms with E-state index in [1.54, 1.807) is 48.2 Å². The number of hydrogen-bond acceptors (Lipinski definition) is 8. The third-order valence-corrected chi connectivity index (χ3v) is 12.2. The summed E-state index contributed by atoms with van der Waals surface area (Å²) in [6.07, 6.45) is 16.6. The van der Waals surface area contributed by atoms with Crippen LogP contribution in [0.5, 0.6) is 11.5 Å². The second-order valence-corrected chi connectivity index (χ2v) is 16.6. The molecule has 0 aliphatic carbocycles. The summed E-state index contributed by atoms with van der Waals surface area (Å²) < 4.78 is 15.2. The molecule has 9 rings (SSSR count). The van der Waals surface area contributed by atoms with E-state index < -0.39 is 0 Å². The predicted octanol–water partition coefficient (Wildman–Crippen LogP) is 14.2. The van der Waals surface area contributed by atoms with Gasteiger partial charge in [-0.3, -0.25) is 0 Å². The van der Waals surface area contributed by atoms with Crippen molar-refractivity contribution in [3.05, 3.63) is 182 Å². The van der Waals surface area contributed by atoms with Crippen molar-refractivity contribution in [1.82, 2.24) is 15.0 Å². The highest BCUT2D eigenvalue weighted by molar-refractivity contribution is 7.19. The van der Waals surface area contributed by atoms with Gasteiger partial charge in [-0.15, -0.1) is 34.0 Å². The smallest absolute Gasteiger partial charge is 0.126 e. The second kappa shape index (κ2) is 18.2. The zero-order chi connectivity index (χ0) is 39.7. The van der Waals surface area contributed by atoms with E-state index in [0.717, 1.165) is 76.5 Å². The van der Waals surface area contributed by atoms with E-state index >= 15 is 0 Å². The Balaban J connectivity index is 0.000000407. The highest BCUT2D eigenvalue weighted by Crippen LogP contribution is 2.32. The van der Waals surface area contributed by atoms with Crippen LogP contribution in [-0.4, -0.2) is 29.2 Å². The van der Waals surface area contributed by atoms with Gasteiger partial charge in [0, 0.05) is 11.1 Å². The van der Waals surface area contributed by atoms with Crippen LogP contribution in [0.1, 0.15) is 48.4 Å². The van der Waals surface area contributed by atoms with Crippen LogP contribution in [0.4, 0.5) is 0 Å². The van der Waals surface area contributed by atoms with Crippen molar-refractivity contribution in [3.8, 4) is 11.5 Å². The van der Waals surface area contributed by atoms with Crippen LogP contribution < -0.4 is 9.47 Å². The summed E-state index contributed by atoms with van der Waals surface area (Å²) in [6.45, 7) is 2.03. The molecule has 3 heterocycles. The van der Waals surface area contributed by atoms with Crippen molar-refractivity contribution in [1.29, 1.82) is 0 Å². The first-order chi connectivity index (χ1) is 28.5. The van der Waals surface area contributed by atoms with Gasteiger partial charge in [0.05, 0.1) is 49.9 Å². The van der Waals surface area contributed by atoms with Crippen molar-refractivity contribution in [2.75, 3.05) is 14.2 Å². The van der Waals surface area contributed by atoms with E-state index in [9.17, 15) is 0 Å². The van der Waals surface area contributed by atoms with E-state index in [2.05, 4.69) is 130 Å². The van der Waals surface area contributed by atoms with Gasteiger partial charge in [-0.05, 0) is 89.9 Å². The molecular formula is C50H39N3O2S3. The minimum atomic E-state index is 0.775. The fourth-order valence-electron chi connectivity index (χ4n) is 6.26. The third-order valence-electron chi connectivity index (χ3n) is 9.22. The maximum absolute atomic E-state index is 5.77. The van der Waals surface area contributed by atoms with Crippen molar-refractivity contribution in [2.24, 2.45) is 0 Å². The van der Waals surface area contributed by atoms with E-state index in [-0.39, 0.29) is 0 Å². The van der Waals surface area contributed by atoms with Crippen molar-refractivity contribution < 1.29 is 9.47 Å². The number of benzene rings is 6. The lowest BCUT2D eigenvalue weighted by Gasteiger charge is -2.11. The number of fused-ring (bicyclic) bond motifs is 3. The summed E-state index contributed by atoms with van der Waals surface area (Å²) >= 11 is 5.14. The minimum absolute atomic E-state index is 0.775. The number of para-hydroxylation sites is 3. The van der Waals surface area contributed by atoms with E-state index in [4.69, 9.17) is 9.47 Å². The molecule has 0 aliphatic rings. The fraction of sp³-hybridized carbons (Fsp3) is 0.0600. The van der Waals surface area contributed by atoms with Gasteiger partial charge in [0.2, 0.25) is 0 Å². The molecule has 3 aromatic heterocycles. The molecule has 5 nitrogen and oxygen atoms in total. The SMILES string of the molecule is COc1cc(/C=C/c2ccc(/C=C/c3nc4ccccc4s3)cc2)c(OC)cc1/C=C/c1ccc(/C=C/c2nc3ccccc3s2)cc1.Cc1nc2ccccc2s1. The van der Waals surface area contributed by atoms with E-state index in [1.165, 1.54) is 14.1 Å². The number of ether oxygens (including phenoxy) is 2. The number of nitrogens with zero attached hydrogens (tertiary/aromatic N) is 3. The average molecular weight is 810 g/mol. The Bertz CT molecular complexity index is 2670. The molecule has 0 spiro atoms. The maximum atomic E-state index is 5.77. The first kappa shape index (κ1) is 38.4. The lowest BCUT2D eigenvalue weighted by atomic mass is 10.0. The molecule has 0 fully saturated rings. The Labute approximate surface area is 350 Å². The van der Waals surface area contributed by atoms with Crippen molar-refractivity contribution in [2.45, 2.75) is 6.92 Å². The Kier molecular flexibility index (Phi) is 12.1. The lowest BCUT2D eigenvalue weighted by Crippen LogP contribution is -1.93. The monoisotopic (exact) mass is 809 g/mol. The molecule has 0 saturated heterocycles. The molecule has 0 aliphatic heterocycles. The normalized spacial score (nSPS) is 11.8. The van der Waals surface area contributed by atoms with Gasteiger partial charge in [-0.2, -0.15) is 0 Å². The van der Waals surface area contributed by atoms with Gasteiger partial charge in [0.25, 0.3) is 0 Å². The molecule has 0 saturated carbocycles. The van der Waals surface area contributed by atoms with Crippen LogP contribution in [0.25, 0.3) is 79.3 Å². The summed E-state index contributed by atoms with van der Waals surface area (Å²) in [6, 6.07) is 45.5. The lowest BCUT2D eigenvalue weighted by molar-refractivity contribution is 0.401. The van der Waals surface area contributed by atoms with Gasteiger partial charge in [0.1, 0.15) is 21.5 Å². The number of methoxy groups -OCH3 is 2. The van der Waals surface area contributed by atoms with E-state index in [0.29, 0.717) is 0 Å². The molecule has 0 atom stereocenters. The van der Waals surface area contributed by atoms with Crippen LogP contribution >= 0.6 is 34.0 Å². The van der Waals surface area contributed by atoms with Crippen LogP contribution in [0.3, 0.4) is 0 Å². The number of thiazole rings is 3. The molecule has 0 N–H and O–H groups in total. The largest absolute Gasteiger partial charge is 0.496 e. The minimum Gasteiger partial charge on any atom is -0.496 e. The van der Waals surface area contributed by atoms with Crippen LogP contribution in [-0.2, 0) is 0 Å². The second-order valence-electron chi connectivity index (χ2n) is 13.2. The molecule has 0 unspecified atom stereocenters. The predicted molar refractivity (Wildman–Crippen MR) is 252 cm³/mol. The fourth-order valence-corrected chi connectivity index (χ4v) is 8.83. The number of aryl methyl sites for hydroxylation is 1. The van der Waals surface area contributed by atoms with E-state index in [1.807, 2.05) is 73.7 Å². The highest BCUT2D eigenvalue weighted by atomic mass is 32.1. The number of aromatic nitrogens is 3. The first-order valence-corrected chi connectivity index (χ1v) is 21.2. The summed E-state index contributed by atoms with van der Waals surface area (Å²) in [5.41, 5.74) is 9.50. The Morgan fingerprint density at radius 2 is 0.741 bits per heavy atom. The molecule has 8 heteroatoms. The molecule has 0 radical (unpaired) electrons. The molecule has 0 bridgehead atoms. The summed E-state index contributed by atoms with van der Waals surface area (Å²) in [5, 5.41) is 3.14. The van der Waals surface area contributed by atoms with Crippen LogP contribution in [0.15, 0.2) is 133 Å². The van der Waals surface area contributed by atoms with Gasteiger partial charge in [-0.25, -0.2) is 15.0 Å². The van der Waals surface area contributed by atoms with Crippen LogP contribution in [0.2, 0.25) is 0 Å². The zero-order valence-electron chi connectivity index (χ0n) is 32.2. The summed E-state index contributed by atoms with van der Waals surface area (Å²) in [5.74, 6) is 1.55. The average Bonchev–Trinajstić information content (AvgIpc) is 4.00. The third kappa shape index (κ3) is 9.56. The van der Waals surface area contributed by atoms with Gasteiger partial charge >= 0.3 is 0 Å². The highest BCUT2D eigenvalue weighted by Gasteiger charge is 2.08. The standard InChI is InChI=1S/C42H32N2O2S2.C8H7NS/c1-45-37-27-34(24-20-30-13-17-32(18-14-30)22-26-42-44-36-8-4-6-10-40(36)48-42)38(46-2)28-33(37)23-19-29-11-15-31(16-12-29)21-25-41-43-35-7-3-5-9-39(35)47-41;1-6-9-7-4-2-3-5-8(7)10-6/h3-28H,1-2H3;2-5H,1H3/b23-19+,24-20+,25-21+,26-22+;. The first-order valence-electron chi connectivity index (χ1n) is 18.7. The van der Waals surface area contributed by atoms with Crippen LogP contribution in [0, 0.1) is 6.92 Å². The molecule has 9 aromatic rings. The summed E-state index contributed by atoms with van der Waals surface area (Å²) in [4.78, 5) is 13.7. The Hall–Kier alpha value is -6.45. The van der Waals surface area contributed by atoms with Crippen molar-refractivity contribution in [3.63, 3.8) is 0 Å². The molecular weight excluding hydrogens is 771 g/mol. The van der Waals surface area contributed by atoms with Gasteiger partial charge < -0.3 is 9.47 Å². The summed E-state index contributed by atoms with van der Waals surface area (Å²) in [7, 11) is 3.39. The number of rotatable bonds is 10. The topological polar surface area (TPSA) is 57.1 Å². The molecule has 58 heavy (non-hydrogen) atoms. The Morgan fingerprint density at radius 3 is 1.10 bits per heavy atom. The molecule has 6 aromatic carbocycles. The number of hydrogen-bond donors (Lipinski definition) is 0. The quantitative estimate of drug-likeness (QED) is 0.129. The Morgan fingerprint density at radius 1 is 0.397 bits per heavy atom. The zero-order valence-corrected chi connectivity index (χ0v) is 34.7.